The Hall–Kier alpha value is -4.58. The number of hydrogen-bond donors (Lipinski definition) is 8. The Balaban J connectivity index is 1.79. The standard InChI is InChI=1S/C26H27F6N5O7/c27-11-25(44,23(28)29)14-1-12(2-15(5-14)26(30,31)32)19(7-21(41)42)37-20(40)10-33-22(43)13-3-16(6-17(38)4-13)36-24-34-8-18(39)9-35-24/h1-6,18-19,23,38-39,44H,7-11H2,(H,33,43)(H,37,40)(H,41,42)(H2,34,35,36)/t19-,25?/m0/s1. The lowest BCUT2D eigenvalue weighted by Gasteiger charge is -2.27. The number of guanidine groups is 1. The molecule has 0 aliphatic carbocycles. The molecule has 2 unspecified atom stereocenters. The molecule has 3 rings (SSSR count). The zero-order valence-corrected chi connectivity index (χ0v) is 22.5. The molecule has 44 heavy (non-hydrogen) atoms. The summed E-state index contributed by atoms with van der Waals surface area (Å²) in [7, 11) is 0. The molecule has 12 nitrogen and oxygen atoms in total. The number of phenolic OH excluding ortho intramolecular Hbond substituents is 1. The third kappa shape index (κ3) is 8.73. The van der Waals surface area contributed by atoms with Crippen molar-refractivity contribution >= 4 is 29.4 Å². The van der Waals surface area contributed by atoms with Gasteiger partial charge in [-0.05, 0) is 35.4 Å². The molecule has 18 heteroatoms. The van der Waals surface area contributed by atoms with E-state index in [-0.39, 0.29) is 42.1 Å². The van der Waals surface area contributed by atoms with E-state index in [0.717, 1.165) is 6.07 Å². The number of aromatic hydroxyl groups is 1. The molecule has 1 aliphatic heterocycles. The Bertz CT molecular complexity index is 1420. The Morgan fingerprint density at radius 1 is 1.07 bits per heavy atom. The zero-order valence-electron chi connectivity index (χ0n) is 22.5. The summed E-state index contributed by atoms with van der Waals surface area (Å²) in [5, 5.41) is 48.7. The second kappa shape index (κ2) is 13.8. The minimum absolute atomic E-state index is 0.0911. The molecule has 0 radical (unpaired) electrons. The number of nitrogens with zero attached hydrogens (tertiary/aromatic N) is 1. The minimum Gasteiger partial charge on any atom is -0.508 e. The van der Waals surface area contributed by atoms with Gasteiger partial charge in [-0.1, -0.05) is 6.07 Å². The monoisotopic (exact) mass is 635 g/mol. The van der Waals surface area contributed by atoms with Gasteiger partial charge in [0.1, 0.15) is 12.4 Å². The van der Waals surface area contributed by atoms with Crippen molar-refractivity contribution in [3.05, 3.63) is 58.7 Å². The highest BCUT2D eigenvalue weighted by Gasteiger charge is 2.43. The topological polar surface area (TPSA) is 193 Å². The number of carbonyl (C=O) groups is 3. The van der Waals surface area contributed by atoms with Crippen LogP contribution in [0, 0.1) is 0 Å². The van der Waals surface area contributed by atoms with Gasteiger partial charge in [0, 0.05) is 23.9 Å². The molecule has 1 aliphatic rings. The molecule has 0 bridgehead atoms. The molecule has 240 valence electrons. The molecule has 0 fully saturated rings. The van der Waals surface area contributed by atoms with Crippen molar-refractivity contribution < 1.29 is 61.2 Å². The van der Waals surface area contributed by atoms with Crippen molar-refractivity contribution in [2.45, 2.75) is 36.8 Å². The lowest BCUT2D eigenvalue weighted by molar-refractivity contribution is -0.139. The Kier molecular flexibility index (Phi) is 10.6. The van der Waals surface area contributed by atoms with Crippen LogP contribution < -0.4 is 21.3 Å². The number of carbonyl (C=O) groups excluding carboxylic acids is 2. The van der Waals surface area contributed by atoms with E-state index in [0.29, 0.717) is 12.1 Å². The van der Waals surface area contributed by atoms with Gasteiger partial charge in [-0.25, -0.2) is 13.2 Å². The number of carboxylic acid groups (broad SMARTS) is 1. The van der Waals surface area contributed by atoms with Gasteiger partial charge in [0.05, 0.1) is 37.2 Å². The van der Waals surface area contributed by atoms with Gasteiger partial charge in [0.25, 0.3) is 12.3 Å². The van der Waals surface area contributed by atoms with E-state index < -0.39 is 84.5 Å². The maximum atomic E-state index is 13.5. The maximum Gasteiger partial charge on any atom is 0.416 e. The third-order valence-corrected chi connectivity index (χ3v) is 6.28. The molecule has 2 amide bonds. The number of benzene rings is 2. The summed E-state index contributed by atoms with van der Waals surface area (Å²) in [5.74, 6) is -3.77. The van der Waals surface area contributed by atoms with Crippen LogP contribution in [0.25, 0.3) is 0 Å². The summed E-state index contributed by atoms with van der Waals surface area (Å²) in [6, 6.07) is 2.75. The molecule has 8 N–H and O–H groups in total. The van der Waals surface area contributed by atoms with Crippen LogP contribution in [0.1, 0.15) is 39.5 Å². The molecule has 0 saturated heterocycles. The Morgan fingerprint density at radius 3 is 2.32 bits per heavy atom. The fourth-order valence-electron chi connectivity index (χ4n) is 4.03. The van der Waals surface area contributed by atoms with Gasteiger partial charge in [0.2, 0.25) is 5.91 Å². The third-order valence-electron chi connectivity index (χ3n) is 6.28. The Morgan fingerprint density at radius 2 is 1.75 bits per heavy atom. The average Bonchev–Trinajstić information content (AvgIpc) is 2.95. The van der Waals surface area contributed by atoms with Crippen molar-refractivity contribution in [3.63, 3.8) is 0 Å². The summed E-state index contributed by atoms with van der Waals surface area (Å²) < 4.78 is 80.9. The van der Waals surface area contributed by atoms with Gasteiger partial charge in [-0.3, -0.25) is 19.4 Å². The highest BCUT2D eigenvalue weighted by Crippen LogP contribution is 2.37. The van der Waals surface area contributed by atoms with Gasteiger partial charge >= 0.3 is 12.1 Å². The number of carboxylic acids is 1. The number of aliphatic carboxylic acids is 1. The first-order chi connectivity index (χ1) is 20.5. The number of aliphatic imine (C=N–C) groups is 1. The summed E-state index contributed by atoms with van der Waals surface area (Å²) >= 11 is 0. The molecule has 3 atom stereocenters. The normalized spacial score (nSPS) is 17.1. The highest BCUT2D eigenvalue weighted by atomic mass is 19.4. The van der Waals surface area contributed by atoms with E-state index in [1.165, 1.54) is 12.1 Å². The number of amides is 2. The van der Waals surface area contributed by atoms with Gasteiger partial charge in [-0.2, -0.15) is 13.2 Å². The summed E-state index contributed by atoms with van der Waals surface area (Å²) in [5.41, 5.74) is -7.11. The minimum atomic E-state index is -5.19. The number of nitrogens with one attached hydrogen (secondary N) is 4. The van der Waals surface area contributed by atoms with Crippen LogP contribution in [0.2, 0.25) is 0 Å². The molecular weight excluding hydrogens is 608 g/mol. The van der Waals surface area contributed by atoms with Gasteiger partial charge in [0.15, 0.2) is 11.6 Å². The van der Waals surface area contributed by atoms with Crippen LogP contribution >= 0.6 is 0 Å². The average molecular weight is 636 g/mol. The van der Waals surface area contributed by atoms with Crippen LogP contribution in [0.15, 0.2) is 41.4 Å². The summed E-state index contributed by atoms with van der Waals surface area (Å²) in [6.45, 7) is -2.73. The van der Waals surface area contributed by atoms with Crippen LogP contribution in [-0.4, -0.2) is 83.0 Å². The second-order valence-electron chi connectivity index (χ2n) is 9.72. The molecule has 2 aromatic rings. The number of β-amino-alcohol motifs (C(OH)–C–C–N with tert-alkyl or cyclic N) is 1. The number of hydrogen-bond acceptors (Lipinski definition) is 9. The van der Waals surface area contributed by atoms with Crippen molar-refractivity contribution in [1.82, 2.24) is 16.0 Å². The molecule has 2 aromatic carbocycles. The number of phenols is 1. The molecular formula is C26H27F6N5O7. The molecule has 1 heterocycles. The van der Waals surface area contributed by atoms with Crippen molar-refractivity contribution in [3.8, 4) is 5.75 Å². The van der Waals surface area contributed by atoms with E-state index >= 15 is 0 Å². The smallest absolute Gasteiger partial charge is 0.416 e. The number of anilines is 1. The van der Waals surface area contributed by atoms with Crippen LogP contribution in [0.4, 0.5) is 32.0 Å². The molecule has 0 aromatic heterocycles. The fraction of sp³-hybridized carbons (Fsp3) is 0.385. The van der Waals surface area contributed by atoms with Crippen LogP contribution in [-0.2, 0) is 21.4 Å². The van der Waals surface area contributed by atoms with E-state index in [4.69, 9.17) is 0 Å². The predicted octanol–water partition coefficient (Wildman–Crippen LogP) is 1.63. The maximum absolute atomic E-state index is 13.5. The zero-order chi connectivity index (χ0) is 32.8. The van der Waals surface area contributed by atoms with Crippen molar-refractivity contribution in [1.29, 1.82) is 0 Å². The first-order valence-corrected chi connectivity index (χ1v) is 12.7. The number of halogens is 6. The van der Waals surface area contributed by atoms with Crippen LogP contribution in [0.3, 0.4) is 0 Å². The predicted molar refractivity (Wildman–Crippen MR) is 141 cm³/mol. The quantitative estimate of drug-likeness (QED) is 0.170. The molecule has 0 spiro atoms. The fourth-order valence-corrected chi connectivity index (χ4v) is 4.03. The van der Waals surface area contributed by atoms with Crippen molar-refractivity contribution in [2.75, 3.05) is 31.6 Å². The second-order valence-corrected chi connectivity index (χ2v) is 9.72. The lowest BCUT2D eigenvalue weighted by atomic mass is 9.89. The van der Waals surface area contributed by atoms with Crippen LogP contribution in [0.5, 0.6) is 5.75 Å². The van der Waals surface area contributed by atoms with E-state index in [9.17, 15) is 61.2 Å². The van der Waals surface area contributed by atoms with E-state index in [2.05, 4.69) is 26.3 Å². The highest BCUT2D eigenvalue weighted by molar-refractivity contribution is 6.00. The lowest BCUT2D eigenvalue weighted by Crippen LogP contribution is -2.42. The van der Waals surface area contributed by atoms with Gasteiger partial charge < -0.3 is 41.7 Å². The van der Waals surface area contributed by atoms with Gasteiger partial charge in [-0.15, -0.1) is 0 Å². The Labute approximate surface area is 244 Å². The number of alkyl halides is 6. The summed E-state index contributed by atoms with van der Waals surface area (Å²) in [4.78, 5) is 40.8. The first-order valence-electron chi connectivity index (χ1n) is 12.7. The molecule has 0 saturated carbocycles. The van der Waals surface area contributed by atoms with Crippen molar-refractivity contribution in [2.24, 2.45) is 4.99 Å². The largest absolute Gasteiger partial charge is 0.508 e. The number of aliphatic hydroxyl groups excluding tert-OH is 1. The SMILES string of the molecule is O=C(O)C[C@H](NC(=O)CNC(=O)c1cc(O)cc(NC2=NCC(O)CN2)c1)c1cc(C(F)(F)F)cc(C(O)(CF)C(F)F)c1. The number of rotatable bonds is 11. The number of aliphatic hydroxyl groups is 2. The summed E-state index contributed by atoms with van der Waals surface area (Å²) in [6.07, 6.45) is -10.8. The first kappa shape index (κ1) is 33.9. The van der Waals surface area contributed by atoms with E-state index in [1.807, 2.05) is 0 Å². The van der Waals surface area contributed by atoms with E-state index in [1.54, 1.807) is 0 Å².